The lowest BCUT2D eigenvalue weighted by Gasteiger charge is -2.17. The van der Waals surface area contributed by atoms with Gasteiger partial charge < -0.3 is 5.32 Å². The van der Waals surface area contributed by atoms with E-state index in [1.165, 1.54) is 5.56 Å². The highest BCUT2D eigenvalue weighted by atomic mass is 32.2. The highest BCUT2D eigenvalue weighted by Gasteiger charge is 2.08. The Balaban J connectivity index is 1.96. The Morgan fingerprint density at radius 3 is 2.14 bits per heavy atom. The third-order valence-corrected chi connectivity index (χ3v) is 4.29. The molecule has 0 amide bonds. The molecule has 0 spiro atoms. The van der Waals surface area contributed by atoms with E-state index in [2.05, 4.69) is 24.4 Å². The van der Waals surface area contributed by atoms with Crippen LogP contribution in [0, 0.1) is 0 Å². The predicted molar refractivity (Wildman–Crippen MR) is 89.6 cm³/mol. The molecule has 1 unspecified atom stereocenters. The molecular formula is C17H22N2O2S. The number of nitrogens with two attached hydrogens (primary N) is 1. The van der Waals surface area contributed by atoms with Crippen molar-refractivity contribution >= 4 is 10.0 Å². The molecule has 1 atom stereocenters. The zero-order chi connectivity index (χ0) is 16.0. The first-order chi connectivity index (χ1) is 10.5. The molecule has 0 aliphatic carbocycles. The second-order valence-electron chi connectivity index (χ2n) is 5.38. The summed E-state index contributed by atoms with van der Waals surface area (Å²) in [5, 5.41) is 8.57. The lowest BCUT2D eigenvalue weighted by molar-refractivity contribution is 0.519. The molecule has 0 saturated carbocycles. The van der Waals surface area contributed by atoms with Gasteiger partial charge in [-0.3, -0.25) is 0 Å². The minimum atomic E-state index is -3.47. The van der Waals surface area contributed by atoms with Gasteiger partial charge in [-0.15, -0.1) is 0 Å². The van der Waals surface area contributed by atoms with Crippen LogP contribution >= 0.6 is 0 Å². The molecular weight excluding hydrogens is 296 g/mol. The quantitative estimate of drug-likeness (QED) is 0.824. The normalized spacial score (nSPS) is 13.0. The van der Waals surface area contributed by atoms with Gasteiger partial charge in [0.25, 0.3) is 0 Å². The van der Waals surface area contributed by atoms with Gasteiger partial charge in [0.05, 0.1) is 5.75 Å². The van der Waals surface area contributed by atoms with Gasteiger partial charge in [-0.1, -0.05) is 61.5 Å². The molecule has 2 aromatic carbocycles. The molecule has 0 heterocycles. The molecule has 0 radical (unpaired) electrons. The Labute approximate surface area is 132 Å². The molecule has 3 N–H and O–H groups in total. The van der Waals surface area contributed by atoms with Gasteiger partial charge in [0, 0.05) is 12.6 Å². The Morgan fingerprint density at radius 2 is 1.59 bits per heavy atom. The van der Waals surface area contributed by atoms with Crippen LogP contribution in [0.2, 0.25) is 0 Å². The second kappa shape index (κ2) is 7.54. The number of primary sulfonamides is 1. The van der Waals surface area contributed by atoms with Gasteiger partial charge in [0.15, 0.2) is 0 Å². The Kier molecular flexibility index (Phi) is 5.71. The van der Waals surface area contributed by atoms with E-state index in [1.54, 1.807) is 0 Å². The van der Waals surface area contributed by atoms with E-state index in [0.717, 1.165) is 18.5 Å². The summed E-state index contributed by atoms with van der Waals surface area (Å²) < 4.78 is 22.1. The van der Waals surface area contributed by atoms with Crippen molar-refractivity contribution in [2.24, 2.45) is 5.14 Å². The fraction of sp³-hybridized carbons (Fsp3) is 0.294. The van der Waals surface area contributed by atoms with Crippen molar-refractivity contribution < 1.29 is 8.42 Å². The van der Waals surface area contributed by atoms with E-state index >= 15 is 0 Å². The van der Waals surface area contributed by atoms with Crippen LogP contribution in [0.15, 0.2) is 54.6 Å². The summed E-state index contributed by atoms with van der Waals surface area (Å²) in [5.74, 6) is -0.123. The molecule has 118 valence electrons. The fourth-order valence-electron chi connectivity index (χ4n) is 2.41. The molecule has 0 aliphatic rings. The molecule has 0 aromatic heterocycles. The molecule has 2 aromatic rings. The van der Waals surface area contributed by atoms with Gasteiger partial charge in [-0.25, -0.2) is 13.6 Å². The maximum Gasteiger partial charge on any atom is 0.213 e. The van der Waals surface area contributed by atoms with Crippen molar-refractivity contribution in [3.8, 4) is 0 Å². The molecule has 4 nitrogen and oxygen atoms in total. The Morgan fingerprint density at radius 1 is 1.00 bits per heavy atom. The van der Waals surface area contributed by atoms with E-state index in [0.29, 0.717) is 11.6 Å². The maximum absolute atomic E-state index is 11.1. The molecule has 2 rings (SSSR count). The van der Waals surface area contributed by atoms with Crippen molar-refractivity contribution in [1.82, 2.24) is 5.32 Å². The van der Waals surface area contributed by atoms with Crippen molar-refractivity contribution in [2.75, 3.05) is 0 Å². The zero-order valence-corrected chi connectivity index (χ0v) is 13.5. The average molecular weight is 318 g/mol. The summed E-state index contributed by atoms with van der Waals surface area (Å²) in [7, 11) is -3.47. The summed E-state index contributed by atoms with van der Waals surface area (Å²) in [5.41, 5.74) is 3.10. The van der Waals surface area contributed by atoms with Crippen LogP contribution in [0.4, 0.5) is 0 Å². The smallest absolute Gasteiger partial charge is 0.213 e. The van der Waals surface area contributed by atoms with Crippen LogP contribution < -0.4 is 10.5 Å². The average Bonchev–Trinajstić information content (AvgIpc) is 2.49. The van der Waals surface area contributed by atoms with Crippen LogP contribution in [-0.2, 0) is 22.3 Å². The lowest BCUT2D eigenvalue weighted by atomic mass is 10.0. The standard InChI is InChI=1S/C17H22N2O2S/c1-2-17(16-6-4-3-5-7-16)19-12-14-8-10-15(11-9-14)13-22(18,20)21/h3-11,17,19H,2,12-13H2,1H3,(H2,18,20,21). The molecule has 0 saturated heterocycles. The van der Waals surface area contributed by atoms with E-state index < -0.39 is 10.0 Å². The Bertz CT molecular complexity index is 682. The summed E-state index contributed by atoms with van der Waals surface area (Å²) in [6.07, 6.45) is 1.01. The summed E-state index contributed by atoms with van der Waals surface area (Å²) in [4.78, 5) is 0. The van der Waals surface area contributed by atoms with Gasteiger partial charge in [-0.2, -0.15) is 0 Å². The largest absolute Gasteiger partial charge is 0.306 e. The summed E-state index contributed by atoms with van der Waals surface area (Å²) in [6, 6.07) is 18.1. The molecule has 0 fully saturated rings. The van der Waals surface area contributed by atoms with Crippen LogP contribution in [0.25, 0.3) is 0 Å². The van der Waals surface area contributed by atoms with Crippen LogP contribution in [0.3, 0.4) is 0 Å². The van der Waals surface area contributed by atoms with Crippen molar-refractivity contribution in [3.63, 3.8) is 0 Å². The Hall–Kier alpha value is -1.69. The number of benzene rings is 2. The van der Waals surface area contributed by atoms with E-state index in [9.17, 15) is 8.42 Å². The number of nitrogens with one attached hydrogen (secondary N) is 1. The van der Waals surface area contributed by atoms with E-state index in [4.69, 9.17) is 5.14 Å². The van der Waals surface area contributed by atoms with Gasteiger partial charge >= 0.3 is 0 Å². The minimum Gasteiger partial charge on any atom is -0.306 e. The summed E-state index contributed by atoms with van der Waals surface area (Å²) in [6.45, 7) is 2.89. The van der Waals surface area contributed by atoms with Gasteiger partial charge in [0.1, 0.15) is 0 Å². The van der Waals surface area contributed by atoms with Crippen molar-refractivity contribution in [2.45, 2.75) is 31.7 Å². The van der Waals surface area contributed by atoms with Crippen molar-refractivity contribution in [3.05, 3.63) is 71.3 Å². The molecule has 5 heteroatoms. The highest BCUT2D eigenvalue weighted by molar-refractivity contribution is 7.88. The lowest BCUT2D eigenvalue weighted by Crippen LogP contribution is -2.20. The van der Waals surface area contributed by atoms with Crippen LogP contribution in [0.5, 0.6) is 0 Å². The monoisotopic (exact) mass is 318 g/mol. The summed E-state index contributed by atoms with van der Waals surface area (Å²) >= 11 is 0. The first-order valence-electron chi connectivity index (χ1n) is 7.34. The molecule has 22 heavy (non-hydrogen) atoms. The third-order valence-electron chi connectivity index (χ3n) is 3.55. The third kappa shape index (κ3) is 5.26. The topological polar surface area (TPSA) is 72.2 Å². The zero-order valence-electron chi connectivity index (χ0n) is 12.7. The minimum absolute atomic E-state index is 0.123. The number of sulfonamides is 1. The predicted octanol–water partition coefficient (Wildman–Crippen LogP) is 2.72. The van der Waals surface area contributed by atoms with E-state index in [1.807, 2.05) is 42.5 Å². The molecule has 0 bridgehead atoms. The first-order valence-corrected chi connectivity index (χ1v) is 9.06. The SMILES string of the molecule is CCC(NCc1ccc(CS(N)(=O)=O)cc1)c1ccccc1. The van der Waals surface area contributed by atoms with Gasteiger partial charge in [-0.05, 0) is 23.1 Å². The van der Waals surface area contributed by atoms with Crippen LogP contribution in [0.1, 0.15) is 36.1 Å². The fourth-order valence-corrected chi connectivity index (χ4v) is 3.07. The van der Waals surface area contributed by atoms with Crippen molar-refractivity contribution in [1.29, 1.82) is 0 Å². The van der Waals surface area contributed by atoms with Crippen LogP contribution in [-0.4, -0.2) is 8.42 Å². The van der Waals surface area contributed by atoms with E-state index in [-0.39, 0.29) is 5.75 Å². The maximum atomic E-state index is 11.1. The van der Waals surface area contributed by atoms with Gasteiger partial charge in [0.2, 0.25) is 10.0 Å². The number of hydrogen-bond donors (Lipinski definition) is 2. The second-order valence-corrected chi connectivity index (χ2v) is 6.99. The first kappa shape index (κ1) is 16.7. The highest BCUT2D eigenvalue weighted by Crippen LogP contribution is 2.17. The molecule has 0 aliphatic heterocycles. The number of hydrogen-bond acceptors (Lipinski definition) is 3. The number of rotatable bonds is 7.